The summed E-state index contributed by atoms with van der Waals surface area (Å²) in [6.45, 7) is 2.66. The monoisotopic (exact) mass is 290 g/mol. The average Bonchev–Trinajstić information content (AvgIpc) is 2.48. The molecule has 1 aliphatic heterocycles. The summed E-state index contributed by atoms with van der Waals surface area (Å²) in [5.41, 5.74) is 6.31. The normalized spacial score (nSPS) is 19.0. The summed E-state index contributed by atoms with van der Waals surface area (Å²) in [6, 6.07) is 9.10. The lowest BCUT2D eigenvalue weighted by Crippen LogP contribution is -2.51. The fourth-order valence-electron chi connectivity index (χ4n) is 2.62. The second kappa shape index (κ2) is 6.26. The van der Waals surface area contributed by atoms with Crippen LogP contribution in [0.25, 0.3) is 0 Å². The Kier molecular flexibility index (Phi) is 4.63. The van der Waals surface area contributed by atoms with E-state index in [-0.39, 0.29) is 5.91 Å². The van der Waals surface area contributed by atoms with Gasteiger partial charge in [0.05, 0.1) is 11.5 Å². The Hall–Kier alpha value is -1.88. The lowest BCUT2D eigenvalue weighted by atomic mass is 9.80. The fraction of sp³-hybridized carbons (Fsp3) is 0.500. The molecule has 114 valence electrons. The minimum atomic E-state index is -0.789. The number of hydrogen-bond donors (Lipinski definition) is 2. The summed E-state index contributed by atoms with van der Waals surface area (Å²) in [5, 5.41) is 9.20. The van der Waals surface area contributed by atoms with Crippen molar-refractivity contribution in [3.05, 3.63) is 35.9 Å². The summed E-state index contributed by atoms with van der Waals surface area (Å²) < 4.78 is 0. The molecule has 1 aromatic carbocycles. The molecule has 1 fully saturated rings. The van der Waals surface area contributed by atoms with Crippen LogP contribution in [0.1, 0.15) is 25.3 Å². The molecule has 3 N–H and O–H groups in total. The summed E-state index contributed by atoms with van der Waals surface area (Å²) in [4.78, 5) is 25.2. The Morgan fingerprint density at radius 1 is 1.29 bits per heavy atom. The topological polar surface area (TPSA) is 83.6 Å². The van der Waals surface area contributed by atoms with Crippen LogP contribution in [-0.4, -0.2) is 41.0 Å². The van der Waals surface area contributed by atoms with Crippen molar-refractivity contribution >= 4 is 11.9 Å². The van der Waals surface area contributed by atoms with E-state index in [1.54, 1.807) is 11.8 Å². The molecule has 0 bridgehead atoms. The smallest absolute Gasteiger partial charge is 0.309 e. The van der Waals surface area contributed by atoms with Gasteiger partial charge >= 0.3 is 5.97 Å². The molecule has 21 heavy (non-hydrogen) atoms. The number of likely N-dealkylation sites (tertiary alicyclic amines) is 1. The number of rotatable bonds is 4. The van der Waals surface area contributed by atoms with Crippen molar-refractivity contribution in [1.29, 1.82) is 0 Å². The Balaban J connectivity index is 1.91. The van der Waals surface area contributed by atoms with E-state index < -0.39 is 17.4 Å². The molecule has 0 saturated carbocycles. The maximum atomic E-state index is 12.3. The van der Waals surface area contributed by atoms with Crippen molar-refractivity contribution in [3.63, 3.8) is 0 Å². The van der Waals surface area contributed by atoms with Crippen LogP contribution >= 0.6 is 0 Å². The summed E-state index contributed by atoms with van der Waals surface area (Å²) >= 11 is 0. The predicted molar refractivity (Wildman–Crippen MR) is 79.7 cm³/mol. The number of piperidine rings is 1. The van der Waals surface area contributed by atoms with Crippen molar-refractivity contribution in [2.75, 3.05) is 13.1 Å². The highest BCUT2D eigenvalue weighted by Crippen LogP contribution is 2.31. The molecule has 0 unspecified atom stereocenters. The Bertz CT molecular complexity index is 508. The van der Waals surface area contributed by atoms with E-state index in [9.17, 15) is 14.7 Å². The Morgan fingerprint density at radius 2 is 1.86 bits per heavy atom. The SMILES string of the molecule is CC1(C(=O)O)CCN(C(=O)[C@@H](N)Cc2ccccc2)CC1. The zero-order valence-electron chi connectivity index (χ0n) is 12.3. The first-order valence-corrected chi connectivity index (χ1v) is 7.24. The molecular formula is C16H22N2O3. The van der Waals surface area contributed by atoms with Crippen LogP contribution in [0.4, 0.5) is 0 Å². The molecule has 5 heteroatoms. The van der Waals surface area contributed by atoms with Crippen molar-refractivity contribution in [1.82, 2.24) is 4.90 Å². The zero-order chi connectivity index (χ0) is 15.5. The summed E-state index contributed by atoms with van der Waals surface area (Å²) in [7, 11) is 0. The third-order valence-corrected chi connectivity index (χ3v) is 4.31. The van der Waals surface area contributed by atoms with Crippen LogP contribution in [0.5, 0.6) is 0 Å². The first-order valence-electron chi connectivity index (χ1n) is 7.24. The van der Waals surface area contributed by atoms with Crippen molar-refractivity contribution in [2.24, 2.45) is 11.1 Å². The largest absolute Gasteiger partial charge is 0.481 e. The molecular weight excluding hydrogens is 268 g/mol. The third-order valence-electron chi connectivity index (χ3n) is 4.31. The van der Waals surface area contributed by atoms with Gasteiger partial charge in [-0.25, -0.2) is 0 Å². The quantitative estimate of drug-likeness (QED) is 0.874. The molecule has 1 heterocycles. The molecule has 0 aliphatic carbocycles. The van der Waals surface area contributed by atoms with Gasteiger partial charge in [-0.15, -0.1) is 0 Å². The number of hydrogen-bond acceptors (Lipinski definition) is 3. The summed E-state index contributed by atoms with van der Waals surface area (Å²) in [5.74, 6) is -0.880. The first kappa shape index (κ1) is 15.5. The van der Waals surface area contributed by atoms with Gasteiger partial charge in [0.2, 0.25) is 5.91 Å². The number of carboxylic acids is 1. The first-order chi connectivity index (χ1) is 9.92. The predicted octanol–water partition coefficient (Wildman–Crippen LogP) is 1.27. The van der Waals surface area contributed by atoms with E-state index in [4.69, 9.17) is 5.73 Å². The van der Waals surface area contributed by atoms with Gasteiger partial charge in [-0.3, -0.25) is 9.59 Å². The number of benzene rings is 1. The summed E-state index contributed by atoms with van der Waals surface area (Å²) in [6.07, 6.45) is 1.46. The minimum Gasteiger partial charge on any atom is -0.481 e. The van der Waals surface area contributed by atoms with Crippen LogP contribution in [0.3, 0.4) is 0 Å². The molecule has 5 nitrogen and oxygen atoms in total. The Labute approximate surface area is 124 Å². The highest BCUT2D eigenvalue weighted by molar-refractivity contribution is 5.82. The van der Waals surface area contributed by atoms with E-state index in [1.165, 1.54) is 0 Å². The maximum absolute atomic E-state index is 12.3. The molecule has 0 aromatic heterocycles. The minimum absolute atomic E-state index is 0.0914. The fourth-order valence-corrected chi connectivity index (χ4v) is 2.62. The zero-order valence-corrected chi connectivity index (χ0v) is 12.3. The second-order valence-electron chi connectivity index (χ2n) is 5.99. The van der Waals surface area contributed by atoms with Gasteiger partial charge < -0.3 is 15.7 Å². The lowest BCUT2D eigenvalue weighted by Gasteiger charge is -2.37. The number of carboxylic acid groups (broad SMARTS) is 1. The number of carbonyl (C=O) groups excluding carboxylic acids is 1. The van der Waals surface area contributed by atoms with Gasteiger partial charge in [0.15, 0.2) is 0 Å². The van der Waals surface area contributed by atoms with Gasteiger partial charge in [-0.1, -0.05) is 30.3 Å². The van der Waals surface area contributed by atoms with E-state index in [0.29, 0.717) is 32.4 Å². The van der Waals surface area contributed by atoms with Crippen LogP contribution in [0, 0.1) is 5.41 Å². The van der Waals surface area contributed by atoms with Crippen molar-refractivity contribution < 1.29 is 14.7 Å². The van der Waals surface area contributed by atoms with Crippen LogP contribution in [0.2, 0.25) is 0 Å². The van der Waals surface area contributed by atoms with E-state index in [1.807, 2.05) is 30.3 Å². The van der Waals surface area contributed by atoms with Gasteiger partial charge in [0.25, 0.3) is 0 Å². The number of nitrogens with zero attached hydrogens (tertiary/aromatic N) is 1. The van der Waals surface area contributed by atoms with Gasteiger partial charge in [-0.05, 0) is 31.7 Å². The molecule has 1 atom stereocenters. The molecule has 0 radical (unpaired) electrons. The van der Waals surface area contributed by atoms with E-state index in [0.717, 1.165) is 5.56 Å². The van der Waals surface area contributed by atoms with Gasteiger partial charge in [0, 0.05) is 13.1 Å². The number of nitrogens with two attached hydrogens (primary N) is 1. The van der Waals surface area contributed by atoms with Crippen molar-refractivity contribution in [2.45, 2.75) is 32.2 Å². The Morgan fingerprint density at radius 3 is 2.38 bits per heavy atom. The van der Waals surface area contributed by atoms with Gasteiger partial charge in [0.1, 0.15) is 0 Å². The molecule has 1 aromatic rings. The molecule has 1 aliphatic rings. The third kappa shape index (κ3) is 3.61. The number of aliphatic carboxylic acids is 1. The highest BCUT2D eigenvalue weighted by atomic mass is 16.4. The van der Waals surface area contributed by atoms with E-state index >= 15 is 0 Å². The molecule has 0 spiro atoms. The van der Waals surface area contributed by atoms with Gasteiger partial charge in [-0.2, -0.15) is 0 Å². The second-order valence-corrected chi connectivity index (χ2v) is 5.99. The maximum Gasteiger partial charge on any atom is 0.309 e. The van der Waals surface area contributed by atoms with Crippen LogP contribution < -0.4 is 5.73 Å². The van der Waals surface area contributed by atoms with Crippen LogP contribution in [0.15, 0.2) is 30.3 Å². The standard InChI is InChI=1S/C16H22N2O3/c1-16(15(20)21)7-9-18(10-8-16)14(19)13(17)11-12-5-3-2-4-6-12/h2-6,13H,7-11,17H2,1H3,(H,20,21)/t13-/m0/s1. The lowest BCUT2D eigenvalue weighted by molar-refractivity contribution is -0.153. The van der Waals surface area contributed by atoms with E-state index in [2.05, 4.69) is 0 Å². The molecule has 1 saturated heterocycles. The molecule has 2 rings (SSSR count). The highest BCUT2D eigenvalue weighted by Gasteiger charge is 2.38. The van der Waals surface area contributed by atoms with Crippen molar-refractivity contribution in [3.8, 4) is 0 Å². The average molecular weight is 290 g/mol. The number of amides is 1. The number of carbonyl (C=O) groups is 2. The molecule has 1 amide bonds. The van der Waals surface area contributed by atoms with Crippen LogP contribution in [-0.2, 0) is 16.0 Å².